The maximum atomic E-state index is 5.71. The molecule has 0 N–H and O–H groups in total. The maximum absolute atomic E-state index is 5.71. The Kier molecular flexibility index (Phi) is 32.7. The first-order chi connectivity index (χ1) is 9.45. The van der Waals surface area contributed by atoms with E-state index in [4.69, 9.17) is 11.6 Å². The Morgan fingerprint density at radius 2 is 1.15 bits per heavy atom. The Balaban J connectivity index is -0.0000000952. The van der Waals surface area contributed by atoms with Gasteiger partial charge in [0.2, 0.25) is 0 Å². The van der Waals surface area contributed by atoms with Crippen LogP contribution in [0.15, 0.2) is 24.3 Å². The van der Waals surface area contributed by atoms with Crippen molar-refractivity contribution in [3.05, 3.63) is 34.9 Å². The summed E-state index contributed by atoms with van der Waals surface area (Å²) in [4.78, 5) is 2.17. The van der Waals surface area contributed by atoms with Gasteiger partial charge in [-0.15, -0.1) is 0 Å². The van der Waals surface area contributed by atoms with Gasteiger partial charge in [-0.05, 0) is 46.5 Å². The Morgan fingerprint density at radius 3 is 1.30 bits per heavy atom. The molecule has 122 valence electrons. The van der Waals surface area contributed by atoms with Crippen LogP contribution in [0.1, 0.15) is 61.0 Å². The quantitative estimate of drug-likeness (QED) is 0.559. The highest BCUT2D eigenvalue weighted by Crippen LogP contribution is 2.11. The molecule has 0 heterocycles. The Bertz CT molecular complexity index is 230. The topological polar surface area (TPSA) is 3.24 Å². The first kappa shape index (κ1) is 27.8. The van der Waals surface area contributed by atoms with E-state index in [-0.39, 0.29) is 0 Å². The molecule has 0 unspecified atom stereocenters. The summed E-state index contributed by atoms with van der Waals surface area (Å²) in [6, 6.07) is 8.46. The van der Waals surface area contributed by atoms with Gasteiger partial charge in [-0.25, -0.2) is 0 Å². The molecule has 0 amide bonds. The smallest absolute Gasteiger partial charge is 0.0435 e. The highest BCUT2D eigenvalue weighted by atomic mass is 35.5. The van der Waals surface area contributed by atoms with Crippen LogP contribution < -0.4 is 0 Å². The predicted octanol–water partition coefficient (Wildman–Crippen LogP) is 6.68. The van der Waals surface area contributed by atoms with Crippen molar-refractivity contribution >= 4 is 11.6 Å². The van der Waals surface area contributed by atoms with Gasteiger partial charge in [0.05, 0.1) is 0 Å². The summed E-state index contributed by atoms with van der Waals surface area (Å²) in [7, 11) is 4.15. The van der Waals surface area contributed by atoms with E-state index in [2.05, 4.69) is 32.8 Å². The van der Waals surface area contributed by atoms with E-state index in [9.17, 15) is 0 Å². The molecule has 0 saturated carbocycles. The molecule has 0 aliphatic rings. The van der Waals surface area contributed by atoms with Crippen LogP contribution in [0, 0.1) is 6.92 Å². The Labute approximate surface area is 134 Å². The zero-order valence-corrected chi connectivity index (χ0v) is 16.5. The molecule has 1 rings (SSSR count). The average Bonchev–Trinajstić information content (AvgIpc) is 2.49. The zero-order valence-electron chi connectivity index (χ0n) is 15.7. The molecule has 0 aromatic heterocycles. The molecule has 0 fully saturated rings. The molecule has 0 spiro atoms. The lowest BCUT2D eigenvalue weighted by Gasteiger charge is -2.12. The number of aryl methyl sites for hydroxylation is 1. The van der Waals surface area contributed by atoms with Gasteiger partial charge in [-0.1, -0.05) is 71.3 Å². The van der Waals surface area contributed by atoms with Gasteiger partial charge in [0.25, 0.3) is 0 Å². The third kappa shape index (κ3) is 22.6. The van der Waals surface area contributed by atoms with Crippen molar-refractivity contribution in [2.45, 2.75) is 68.4 Å². The maximum Gasteiger partial charge on any atom is 0.0435 e. The second-order valence-corrected chi connectivity index (χ2v) is 4.21. The minimum Gasteiger partial charge on any atom is -0.307 e. The van der Waals surface area contributed by atoms with Crippen molar-refractivity contribution in [2.75, 3.05) is 14.1 Å². The van der Waals surface area contributed by atoms with Gasteiger partial charge in [0.1, 0.15) is 0 Å². The summed E-state index contributed by atoms with van der Waals surface area (Å²) in [5.41, 5.74) is 1.13. The summed E-state index contributed by atoms with van der Waals surface area (Å²) >= 11 is 5.71. The van der Waals surface area contributed by atoms with Crippen LogP contribution in [0.4, 0.5) is 0 Å². The van der Waals surface area contributed by atoms with E-state index in [0.29, 0.717) is 6.04 Å². The molecule has 1 aromatic rings. The van der Waals surface area contributed by atoms with Crippen LogP contribution in [-0.2, 0) is 0 Å². The fourth-order valence-electron chi connectivity index (χ4n) is 0.551. The second kappa shape index (κ2) is 23.6. The van der Waals surface area contributed by atoms with Crippen molar-refractivity contribution in [2.24, 2.45) is 0 Å². The van der Waals surface area contributed by atoms with Crippen molar-refractivity contribution < 1.29 is 0 Å². The first-order valence-electron chi connectivity index (χ1n) is 7.82. The molecule has 0 saturated heterocycles. The van der Waals surface area contributed by atoms with Crippen molar-refractivity contribution in [1.29, 1.82) is 0 Å². The molecule has 0 aliphatic heterocycles. The third-order valence-corrected chi connectivity index (χ3v) is 2.53. The van der Waals surface area contributed by atoms with Gasteiger partial charge in [-0.3, -0.25) is 0 Å². The van der Waals surface area contributed by atoms with E-state index < -0.39 is 0 Å². The van der Waals surface area contributed by atoms with Crippen LogP contribution in [-0.4, -0.2) is 25.0 Å². The Morgan fingerprint density at radius 1 is 0.850 bits per heavy atom. The number of benzene rings is 1. The monoisotopic (exact) mass is 303 g/mol. The minimum atomic E-state index is 0.685. The molecule has 0 aliphatic carbocycles. The van der Waals surface area contributed by atoms with Gasteiger partial charge in [0.15, 0.2) is 0 Å². The molecule has 0 radical (unpaired) electrons. The fraction of sp³-hybridized carbons (Fsp3) is 0.667. The molecule has 0 bridgehead atoms. The molecule has 1 nitrogen and oxygen atoms in total. The molecular weight excluding hydrogens is 266 g/mol. The summed E-state index contributed by atoms with van der Waals surface area (Å²) in [5, 5.41) is 0.840. The lowest BCUT2D eigenvalue weighted by Crippen LogP contribution is -2.20. The van der Waals surface area contributed by atoms with E-state index in [0.717, 1.165) is 10.6 Å². The summed E-state index contributed by atoms with van der Waals surface area (Å²) < 4.78 is 0. The summed E-state index contributed by atoms with van der Waals surface area (Å²) in [5.74, 6) is 0. The molecule has 1 aromatic carbocycles. The van der Waals surface area contributed by atoms with Crippen LogP contribution in [0.25, 0.3) is 0 Å². The van der Waals surface area contributed by atoms with Gasteiger partial charge < -0.3 is 4.90 Å². The van der Waals surface area contributed by atoms with Crippen LogP contribution in [0.2, 0.25) is 5.02 Å². The molecule has 20 heavy (non-hydrogen) atoms. The summed E-state index contributed by atoms with van der Waals surface area (Å²) in [6.07, 6.45) is 0. The van der Waals surface area contributed by atoms with Crippen LogP contribution >= 0.6 is 11.6 Å². The highest BCUT2D eigenvalue weighted by molar-refractivity contribution is 6.31. The SMILES string of the molecule is CC.CC.CC.CC(C)N(C)C.Cc1ccccc1Cl. The zero-order chi connectivity index (χ0) is 17.1. The third-order valence-electron chi connectivity index (χ3n) is 2.11. The van der Waals surface area contributed by atoms with Gasteiger partial charge in [-0.2, -0.15) is 0 Å². The van der Waals surface area contributed by atoms with Gasteiger partial charge in [0, 0.05) is 11.1 Å². The predicted molar refractivity (Wildman–Crippen MR) is 99.1 cm³/mol. The molecule has 2 heteroatoms. The number of nitrogens with zero attached hydrogens (tertiary/aromatic N) is 1. The van der Waals surface area contributed by atoms with Gasteiger partial charge >= 0.3 is 0 Å². The fourth-order valence-corrected chi connectivity index (χ4v) is 0.687. The number of hydrogen-bond acceptors (Lipinski definition) is 1. The van der Waals surface area contributed by atoms with Crippen molar-refractivity contribution in [3.63, 3.8) is 0 Å². The normalized spacial score (nSPS) is 7.90. The minimum absolute atomic E-state index is 0.685. The molecule has 0 atom stereocenters. The van der Waals surface area contributed by atoms with Crippen molar-refractivity contribution in [3.8, 4) is 0 Å². The molecular formula is C18H38ClN. The number of rotatable bonds is 1. The summed E-state index contributed by atoms with van der Waals surface area (Å²) in [6.45, 7) is 18.3. The Hall–Kier alpha value is -0.530. The van der Waals surface area contributed by atoms with Crippen LogP contribution in [0.5, 0.6) is 0 Å². The first-order valence-corrected chi connectivity index (χ1v) is 8.20. The van der Waals surface area contributed by atoms with Crippen LogP contribution in [0.3, 0.4) is 0 Å². The largest absolute Gasteiger partial charge is 0.307 e. The highest BCUT2D eigenvalue weighted by Gasteiger charge is 1.90. The lowest BCUT2D eigenvalue weighted by molar-refractivity contribution is 0.335. The average molecular weight is 304 g/mol. The second-order valence-electron chi connectivity index (χ2n) is 3.81. The number of halogens is 1. The number of hydrogen-bond donors (Lipinski definition) is 0. The van der Waals surface area contributed by atoms with E-state index in [1.807, 2.05) is 72.7 Å². The van der Waals surface area contributed by atoms with E-state index in [1.165, 1.54) is 0 Å². The van der Waals surface area contributed by atoms with Crippen molar-refractivity contribution in [1.82, 2.24) is 4.90 Å². The standard InChI is InChI=1S/C7H7Cl.C5H13N.3C2H6/c1-6-4-2-3-5-7(6)8;1-5(2)6(3)4;3*1-2/h2-5H,1H3;5H,1-4H3;3*1-2H3. The van der Waals surface area contributed by atoms with E-state index >= 15 is 0 Å². The lowest BCUT2D eigenvalue weighted by atomic mass is 10.2. The van der Waals surface area contributed by atoms with E-state index in [1.54, 1.807) is 0 Å².